The van der Waals surface area contributed by atoms with Gasteiger partial charge in [-0.3, -0.25) is 4.55 Å². The second-order valence-corrected chi connectivity index (χ2v) is 3.77. The highest BCUT2D eigenvalue weighted by Crippen LogP contribution is 2.13. The number of hydrogen-bond acceptors (Lipinski definition) is 8. The zero-order chi connectivity index (χ0) is 12.1. The Kier molecular flexibility index (Phi) is 4.34. The van der Waals surface area contributed by atoms with Crippen molar-refractivity contribution in [2.24, 2.45) is 5.16 Å². The van der Waals surface area contributed by atoms with Crippen LogP contribution in [0.25, 0.3) is 0 Å². The second kappa shape index (κ2) is 5.53. The van der Waals surface area contributed by atoms with E-state index in [4.69, 9.17) is 10.3 Å². The Balaban J connectivity index is 2.96. The molecule has 1 unspecified atom stereocenters. The molecule has 0 saturated heterocycles. The molecule has 1 rings (SSSR count). The van der Waals surface area contributed by atoms with Gasteiger partial charge in [0, 0.05) is 5.38 Å². The van der Waals surface area contributed by atoms with Gasteiger partial charge < -0.3 is 14.8 Å². The molecular formula is C6H7N3O5S2. The summed E-state index contributed by atoms with van der Waals surface area (Å²) >= 11 is -1.65. The van der Waals surface area contributed by atoms with Crippen molar-refractivity contribution in [2.45, 2.75) is 0 Å². The van der Waals surface area contributed by atoms with Crippen molar-refractivity contribution in [1.82, 2.24) is 4.98 Å². The van der Waals surface area contributed by atoms with Crippen molar-refractivity contribution >= 4 is 39.5 Å². The van der Waals surface area contributed by atoms with Crippen molar-refractivity contribution in [3.8, 4) is 0 Å². The van der Waals surface area contributed by atoms with Crippen molar-refractivity contribution in [2.75, 3.05) is 12.8 Å². The molecule has 0 radical (unpaired) electrons. The molecule has 0 aliphatic carbocycles. The lowest BCUT2D eigenvalue weighted by Crippen LogP contribution is -2.20. The molecule has 0 aliphatic heterocycles. The minimum absolute atomic E-state index is 0.111. The molecule has 0 bridgehead atoms. The minimum atomic E-state index is -2.73. The van der Waals surface area contributed by atoms with Crippen molar-refractivity contribution in [1.29, 1.82) is 0 Å². The maximum atomic E-state index is 11.3. The Labute approximate surface area is 96.6 Å². The van der Waals surface area contributed by atoms with Gasteiger partial charge in [-0.2, -0.15) is 4.21 Å². The molecule has 0 aromatic carbocycles. The molecule has 1 aromatic heterocycles. The van der Waals surface area contributed by atoms with Crippen LogP contribution in [0.5, 0.6) is 0 Å². The molecule has 1 heterocycles. The van der Waals surface area contributed by atoms with Crippen molar-refractivity contribution in [3.05, 3.63) is 11.1 Å². The van der Waals surface area contributed by atoms with Gasteiger partial charge in [0.2, 0.25) is 5.71 Å². The van der Waals surface area contributed by atoms with Crippen molar-refractivity contribution in [3.63, 3.8) is 0 Å². The zero-order valence-electron chi connectivity index (χ0n) is 7.95. The first-order chi connectivity index (χ1) is 7.54. The summed E-state index contributed by atoms with van der Waals surface area (Å²) in [7, 11) is 1.21. The van der Waals surface area contributed by atoms with Crippen LogP contribution in [0, 0.1) is 0 Å². The lowest BCUT2D eigenvalue weighted by atomic mass is 10.3. The van der Waals surface area contributed by atoms with Crippen LogP contribution in [-0.2, 0) is 25.2 Å². The predicted molar refractivity (Wildman–Crippen MR) is 56.9 cm³/mol. The van der Waals surface area contributed by atoms with Gasteiger partial charge in [0.15, 0.2) is 5.13 Å². The van der Waals surface area contributed by atoms with Crippen LogP contribution < -0.4 is 5.73 Å². The Bertz CT molecular complexity index is 443. The molecule has 0 aliphatic rings. The van der Waals surface area contributed by atoms with Crippen LogP contribution in [-0.4, -0.2) is 32.5 Å². The maximum absolute atomic E-state index is 11.3. The molecule has 3 N–H and O–H groups in total. The molecule has 10 heteroatoms. The maximum Gasteiger partial charge on any atom is 0.378 e. The number of anilines is 1. The van der Waals surface area contributed by atoms with E-state index in [-0.39, 0.29) is 16.5 Å². The van der Waals surface area contributed by atoms with Crippen LogP contribution in [0.2, 0.25) is 0 Å². The fourth-order valence-electron chi connectivity index (χ4n) is 0.780. The van der Waals surface area contributed by atoms with E-state index < -0.39 is 17.3 Å². The third kappa shape index (κ3) is 3.25. The average Bonchev–Trinajstić information content (AvgIpc) is 2.59. The van der Waals surface area contributed by atoms with Gasteiger partial charge in [-0.15, -0.1) is 11.3 Å². The summed E-state index contributed by atoms with van der Waals surface area (Å²) in [5.74, 6) is -1.13. The minimum Gasteiger partial charge on any atom is -0.398 e. The third-order valence-corrected chi connectivity index (χ3v) is 2.26. The van der Waals surface area contributed by atoms with Crippen LogP contribution in [0.1, 0.15) is 5.69 Å². The number of thiazole rings is 1. The third-order valence-electron chi connectivity index (χ3n) is 1.29. The summed E-state index contributed by atoms with van der Waals surface area (Å²) in [5.41, 5.74) is 5.14. The number of aromatic nitrogens is 1. The molecule has 16 heavy (non-hydrogen) atoms. The number of hydrogen-bond donors (Lipinski definition) is 2. The Morgan fingerprint density at radius 2 is 2.44 bits per heavy atom. The van der Waals surface area contributed by atoms with Gasteiger partial charge in [-0.1, -0.05) is 5.16 Å². The zero-order valence-corrected chi connectivity index (χ0v) is 9.58. The smallest absolute Gasteiger partial charge is 0.378 e. The van der Waals surface area contributed by atoms with Crippen LogP contribution in [0.15, 0.2) is 10.5 Å². The lowest BCUT2D eigenvalue weighted by Gasteiger charge is -1.99. The monoisotopic (exact) mass is 265 g/mol. The average molecular weight is 265 g/mol. The van der Waals surface area contributed by atoms with Crippen LogP contribution in [0.4, 0.5) is 5.13 Å². The van der Waals surface area contributed by atoms with E-state index in [1.807, 2.05) is 0 Å². The van der Waals surface area contributed by atoms with Gasteiger partial charge in [-0.05, 0) is 0 Å². The van der Waals surface area contributed by atoms with E-state index in [9.17, 15) is 9.00 Å². The lowest BCUT2D eigenvalue weighted by molar-refractivity contribution is -0.126. The highest BCUT2D eigenvalue weighted by atomic mass is 32.2. The molecule has 0 amide bonds. The van der Waals surface area contributed by atoms with E-state index in [1.165, 1.54) is 12.5 Å². The molecule has 0 spiro atoms. The number of rotatable bonds is 4. The number of oxime groups is 1. The summed E-state index contributed by atoms with van der Waals surface area (Å²) in [4.78, 5) is 19.5. The van der Waals surface area contributed by atoms with Gasteiger partial charge in [0.25, 0.3) is 0 Å². The number of nitrogens with zero attached hydrogens (tertiary/aromatic N) is 2. The summed E-state index contributed by atoms with van der Waals surface area (Å²) in [6, 6.07) is 0. The van der Waals surface area contributed by atoms with E-state index in [0.717, 1.165) is 11.3 Å². The molecule has 1 atom stereocenters. The topological polar surface area (TPSA) is 124 Å². The fraction of sp³-hybridized carbons (Fsp3) is 0.167. The number of carbonyl (C=O) groups is 1. The summed E-state index contributed by atoms with van der Waals surface area (Å²) in [6.45, 7) is 0. The largest absolute Gasteiger partial charge is 0.398 e. The highest BCUT2D eigenvalue weighted by Gasteiger charge is 2.21. The van der Waals surface area contributed by atoms with Crippen LogP contribution >= 0.6 is 11.3 Å². The van der Waals surface area contributed by atoms with Gasteiger partial charge in [0.05, 0.1) is 0 Å². The van der Waals surface area contributed by atoms with Gasteiger partial charge in [-0.25, -0.2) is 9.78 Å². The van der Waals surface area contributed by atoms with E-state index in [1.54, 1.807) is 0 Å². The first-order valence-corrected chi connectivity index (χ1v) is 5.61. The normalized spacial score (nSPS) is 13.2. The Morgan fingerprint density at radius 3 is 2.88 bits per heavy atom. The summed E-state index contributed by atoms with van der Waals surface area (Å²) in [6.07, 6.45) is 0. The molecule has 1 aromatic rings. The second-order valence-electron chi connectivity index (χ2n) is 2.28. The SMILES string of the molecule is CON=C(C(=O)OS(=O)O)c1csc(N)n1. The molecule has 0 fully saturated rings. The molecular weight excluding hydrogens is 258 g/mol. The van der Waals surface area contributed by atoms with Crippen LogP contribution in [0.3, 0.4) is 0 Å². The molecule has 0 saturated carbocycles. The number of nitrogens with two attached hydrogens (primary N) is 1. The fourth-order valence-corrected chi connectivity index (χ4v) is 1.54. The standard InChI is InChI=1S/C6H7N3O5S2/c1-13-9-4(5(10)14-16(11)12)3-2-15-6(7)8-3/h2H,1H3,(H2,7,8)(H,11,12). The Hall–Kier alpha value is -1.52. The molecule has 8 nitrogen and oxygen atoms in total. The van der Waals surface area contributed by atoms with E-state index in [2.05, 4.69) is 19.2 Å². The summed E-state index contributed by atoms with van der Waals surface area (Å²) in [5, 5.41) is 5.00. The van der Waals surface area contributed by atoms with Crippen molar-refractivity contribution < 1.29 is 22.6 Å². The number of nitrogen functional groups attached to an aromatic ring is 1. The Morgan fingerprint density at radius 1 is 1.75 bits per heavy atom. The van der Waals surface area contributed by atoms with Gasteiger partial charge in [0.1, 0.15) is 12.8 Å². The molecule has 88 valence electrons. The first-order valence-electron chi connectivity index (χ1n) is 3.70. The predicted octanol–water partition coefficient (Wildman–Crippen LogP) is -0.244. The quantitative estimate of drug-likeness (QED) is 0.437. The van der Waals surface area contributed by atoms with Gasteiger partial charge >= 0.3 is 17.3 Å². The first kappa shape index (κ1) is 12.5. The highest BCUT2D eigenvalue weighted by molar-refractivity contribution is 7.74. The van der Waals surface area contributed by atoms with E-state index >= 15 is 0 Å². The number of carbonyl (C=O) groups excluding carboxylic acids is 1. The summed E-state index contributed by atoms with van der Waals surface area (Å²) < 4.78 is 22.7. The van der Waals surface area contributed by atoms with E-state index in [0.29, 0.717) is 0 Å².